The molecule has 2 rings (SSSR count). The first-order valence-corrected chi connectivity index (χ1v) is 7.74. The van der Waals surface area contributed by atoms with Crippen LogP contribution in [0, 0.1) is 0 Å². The molecule has 0 bridgehead atoms. The Labute approximate surface area is 142 Å². The van der Waals surface area contributed by atoms with Crippen LogP contribution < -0.4 is 10.5 Å². The fraction of sp³-hybridized carbons (Fsp3) is 0.118. The van der Waals surface area contributed by atoms with Crippen LogP contribution in [0.15, 0.2) is 64.2 Å². The second kappa shape index (κ2) is 8.24. The lowest BCUT2D eigenvalue weighted by atomic mass is 10.1. The van der Waals surface area contributed by atoms with Gasteiger partial charge in [-0.2, -0.15) is 5.10 Å². The number of halogens is 1. The van der Waals surface area contributed by atoms with Crippen LogP contribution in [0.3, 0.4) is 0 Å². The average Bonchev–Trinajstić information content (AvgIpc) is 2.55. The lowest BCUT2D eigenvalue weighted by Crippen LogP contribution is -2.24. The van der Waals surface area contributed by atoms with E-state index in [0.717, 1.165) is 5.56 Å². The first-order valence-electron chi connectivity index (χ1n) is 6.94. The Kier molecular flexibility index (Phi) is 6.05. The monoisotopic (exact) mass is 373 g/mol. The van der Waals surface area contributed by atoms with Crippen LogP contribution in [0.4, 0.5) is 0 Å². The predicted molar refractivity (Wildman–Crippen MR) is 88.8 cm³/mol. The highest BCUT2D eigenvalue weighted by Crippen LogP contribution is 2.15. The Balaban J connectivity index is 2.18. The lowest BCUT2D eigenvalue weighted by Gasteiger charge is -2.09. The van der Waals surface area contributed by atoms with Gasteiger partial charge in [0.1, 0.15) is 0 Å². The van der Waals surface area contributed by atoms with Crippen molar-refractivity contribution in [3.63, 3.8) is 0 Å². The number of hydrogen-bond acceptors (Lipinski definition) is 4. The van der Waals surface area contributed by atoms with E-state index in [-0.39, 0.29) is 18.7 Å². The second-order valence-corrected chi connectivity index (χ2v) is 5.57. The molecule has 0 radical (unpaired) electrons. The molecule has 118 valence electrons. The first-order chi connectivity index (χ1) is 11.1. The van der Waals surface area contributed by atoms with E-state index in [1.807, 2.05) is 18.2 Å². The van der Waals surface area contributed by atoms with Gasteiger partial charge in [0.25, 0.3) is 5.91 Å². The highest BCUT2D eigenvalue weighted by Gasteiger charge is 2.10. The van der Waals surface area contributed by atoms with Crippen molar-refractivity contribution in [1.82, 2.24) is 5.43 Å². The molecule has 0 saturated carbocycles. The third-order valence-electron chi connectivity index (χ3n) is 3.08. The van der Waals surface area contributed by atoms with E-state index in [4.69, 9.17) is 0 Å². The van der Waals surface area contributed by atoms with Gasteiger partial charge in [0.15, 0.2) is 0 Å². The number of hydrazone groups is 1. The summed E-state index contributed by atoms with van der Waals surface area (Å²) in [6.07, 6.45) is 0.00121. The third kappa shape index (κ3) is 5.03. The minimum absolute atomic E-state index is 0.168. The number of benzene rings is 2. The summed E-state index contributed by atoms with van der Waals surface area (Å²) in [5.41, 5.74) is 4.15. The van der Waals surface area contributed by atoms with Gasteiger partial charge in [-0.15, -0.1) is 0 Å². The molecule has 0 fully saturated rings. The van der Waals surface area contributed by atoms with Crippen LogP contribution in [-0.2, 0) is 4.79 Å². The van der Waals surface area contributed by atoms with Crippen molar-refractivity contribution in [2.24, 2.45) is 5.10 Å². The maximum Gasteiger partial charge on any atom is 0.272 e. The molecule has 0 aliphatic rings. The second-order valence-electron chi connectivity index (χ2n) is 4.72. The Morgan fingerprint density at radius 1 is 1.00 bits per heavy atom. The summed E-state index contributed by atoms with van der Waals surface area (Å²) in [5, 5.41) is 14.8. The van der Waals surface area contributed by atoms with Gasteiger partial charge >= 0.3 is 0 Å². The van der Waals surface area contributed by atoms with Gasteiger partial charge in [0, 0.05) is 10.4 Å². The molecule has 0 spiro atoms. The number of nitrogens with one attached hydrogen (secondary N) is 1. The van der Waals surface area contributed by atoms with Crippen LogP contribution >= 0.6 is 15.9 Å². The fourth-order valence-electron chi connectivity index (χ4n) is 1.94. The molecule has 0 unspecified atom stereocenters. The molecule has 0 aliphatic heterocycles. The molecule has 0 aromatic heterocycles. The third-order valence-corrected chi connectivity index (χ3v) is 3.78. The Morgan fingerprint density at radius 2 is 1.65 bits per heavy atom. The summed E-state index contributed by atoms with van der Waals surface area (Å²) < 4.78 is 0.656. The van der Waals surface area contributed by atoms with Crippen molar-refractivity contribution in [3.05, 3.63) is 70.2 Å². The summed E-state index contributed by atoms with van der Waals surface area (Å²) in [6, 6.07) is 16.1. The van der Waals surface area contributed by atoms with Crippen LogP contribution in [0.5, 0.6) is 0 Å². The van der Waals surface area contributed by atoms with E-state index >= 15 is 0 Å². The highest BCUT2D eigenvalue weighted by atomic mass is 79.9. The maximum atomic E-state index is 12.2. The van der Waals surface area contributed by atoms with Crippen molar-refractivity contribution in [2.45, 2.75) is 12.8 Å². The zero-order valence-corrected chi connectivity index (χ0v) is 13.7. The van der Waals surface area contributed by atoms with E-state index in [1.54, 1.807) is 36.4 Å². The zero-order chi connectivity index (χ0) is 16.7. The highest BCUT2D eigenvalue weighted by molar-refractivity contribution is 9.10. The largest absolute Gasteiger partial charge is 0.550 e. The predicted octanol–water partition coefficient (Wildman–Crippen LogP) is 2.11. The van der Waals surface area contributed by atoms with Gasteiger partial charge < -0.3 is 9.90 Å². The molecule has 2 aromatic rings. The van der Waals surface area contributed by atoms with Crippen LogP contribution in [0.2, 0.25) is 0 Å². The molecule has 6 heteroatoms. The molecule has 1 N–H and O–H groups in total. The zero-order valence-electron chi connectivity index (χ0n) is 12.2. The Bertz CT molecular complexity index is 730. The molecule has 0 atom stereocenters. The number of carboxylic acid groups (broad SMARTS) is 1. The quantitative estimate of drug-likeness (QED) is 0.621. The van der Waals surface area contributed by atoms with Crippen molar-refractivity contribution >= 4 is 33.5 Å². The molecule has 5 nitrogen and oxygen atoms in total. The SMILES string of the molecule is O=C([O-])CC/C(=N\NC(=O)c1ccccc1Br)c1ccccc1. The van der Waals surface area contributed by atoms with Gasteiger partial charge in [-0.05, 0) is 46.5 Å². The maximum absolute atomic E-state index is 12.2. The first kappa shape index (κ1) is 16.9. The normalized spacial score (nSPS) is 11.1. The van der Waals surface area contributed by atoms with Gasteiger partial charge in [0.05, 0.1) is 11.3 Å². The van der Waals surface area contributed by atoms with Crippen molar-refractivity contribution < 1.29 is 14.7 Å². The van der Waals surface area contributed by atoms with E-state index in [9.17, 15) is 14.7 Å². The summed E-state index contributed by atoms with van der Waals surface area (Å²) in [4.78, 5) is 22.8. The van der Waals surface area contributed by atoms with Gasteiger partial charge in [0.2, 0.25) is 0 Å². The number of nitrogens with zero attached hydrogens (tertiary/aromatic N) is 1. The van der Waals surface area contributed by atoms with Gasteiger partial charge in [-0.25, -0.2) is 5.43 Å². The number of carbonyl (C=O) groups is 2. The van der Waals surface area contributed by atoms with Crippen molar-refractivity contribution in [3.8, 4) is 0 Å². The number of aliphatic carboxylic acids is 1. The Hall–Kier alpha value is -2.47. The summed E-state index contributed by atoms with van der Waals surface area (Å²) in [7, 11) is 0. The average molecular weight is 374 g/mol. The van der Waals surface area contributed by atoms with Gasteiger partial charge in [-0.1, -0.05) is 42.5 Å². The van der Waals surface area contributed by atoms with E-state index in [1.165, 1.54) is 0 Å². The molecule has 0 saturated heterocycles. The molecular weight excluding hydrogens is 360 g/mol. The standard InChI is InChI=1S/C17H15BrN2O3/c18-14-9-5-4-8-13(14)17(23)20-19-15(10-11-16(21)22)12-6-2-1-3-7-12/h1-9H,10-11H2,(H,20,23)(H,21,22)/p-1/b19-15+. The smallest absolute Gasteiger partial charge is 0.272 e. The van der Waals surface area contributed by atoms with E-state index in [2.05, 4.69) is 26.5 Å². The fourth-order valence-corrected chi connectivity index (χ4v) is 2.40. The molecule has 23 heavy (non-hydrogen) atoms. The van der Waals surface area contributed by atoms with E-state index < -0.39 is 5.97 Å². The van der Waals surface area contributed by atoms with Crippen molar-refractivity contribution in [2.75, 3.05) is 0 Å². The van der Waals surface area contributed by atoms with Crippen LogP contribution in [0.25, 0.3) is 0 Å². The number of hydrogen-bond donors (Lipinski definition) is 1. The number of rotatable bonds is 6. The minimum Gasteiger partial charge on any atom is -0.550 e. The molecule has 1 amide bonds. The summed E-state index contributed by atoms with van der Waals surface area (Å²) in [6.45, 7) is 0. The van der Waals surface area contributed by atoms with Crippen LogP contribution in [-0.4, -0.2) is 17.6 Å². The van der Waals surface area contributed by atoms with Crippen molar-refractivity contribution in [1.29, 1.82) is 0 Å². The minimum atomic E-state index is -1.16. The van der Waals surface area contributed by atoms with Crippen LogP contribution in [0.1, 0.15) is 28.8 Å². The number of carbonyl (C=O) groups excluding carboxylic acids is 2. The summed E-state index contributed by atoms with van der Waals surface area (Å²) >= 11 is 3.30. The van der Waals surface area contributed by atoms with Gasteiger partial charge in [-0.3, -0.25) is 4.79 Å². The molecular formula is C17H14BrN2O3-. The topological polar surface area (TPSA) is 81.6 Å². The molecule has 2 aromatic carbocycles. The summed E-state index contributed by atoms with van der Waals surface area (Å²) in [5.74, 6) is -1.54. The number of carboxylic acids is 1. The lowest BCUT2D eigenvalue weighted by molar-refractivity contribution is -0.305. The molecule has 0 aliphatic carbocycles. The number of amides is 1. The molecule has 0 heterocycles. The Morgan fingerprint density at radius 3 is 2.30 bits per heavy atom. The van der Waals surface area contributed by atoms with E-state index in [0.29, 0.717) is 15.7 Å².